The van der Waals surface area contributed by atoms with E-state index in [4.69, 9.17) is 0 Å². The van der Waals surface area contributed by atoms with E-state index in [-0.39, 0.29) is 0 Å². The molecule has 0 spiro atoms. The minimum atomic E-state index is -0.807. The SMILES string of the molecule is C[Si](C)(C)C[C@H]1CC1(Br)Br. The molecular formula is C7H14Br2Si. The predicted octanol–water partition coefficient (Wildman–Crippen LogP) is 3.83. The summed E-state index contributed by atoms with van der Waals surface area (Å²) in [6.07, 6.45) is 1.32. The topological polar surface area (TPSA) is 0 Å². The molecule has 0 radical (unpaired) electrons. The zero-order valence-corrected chi connectivity index (χ0v) is 10.9. The summed E-state index contributed by atoms with van der Waals surface area (Å²) in [5.74, 6) is 0.902. The Morgan fingerprint density at radius 1 is 1.40 bits per heavy atom. The van der Waals surface area contributed by atoms with E-state index < -0.39 is 8.07 Å². The van der Waals surface area contributed by atoms with Gasteiger partial charge in [0, 0.05) is 8.07 Å². The Labute approximate surface area is 81.0 Å². The summed E-state index contributed by atoms with van der Waals surface area (Å²) in [6, 6.07) is 1.45. The van der Waals surface area contributed by atoms with Gasteiger partial charge in [0.25, 0.3) is 0 Å². The summed E-state index contributed by atoms with van der Waals surface area (Å²) < 4.78 is 0.334. The Bertz CT molecular complexity index is 137. The normalized spacial score (nSPS) is 30.3. The van der Waals surface area contributed by atoms with E-state index in [1.807, 2.05) is 0 Å². The lowest BCUT2D eigenvalue weighted by Gasteiger charge is -2.15. The second-order valence-corrected chi connectivity index (χ2v) is 13.9. The van der Waals surface area contributed by atoms with Gasteiger partial charge >= 0.3 is 0 Å². The van der Waals surface area contributed by atoms with Gasteiger partial charge in [-0.05, 0) is 12.3 Å². The highest BCUT2D eigenvalue weighted by Crippen LogP contribution is 2.59. The molecule has 0 amide bonds. The molecule has 0 bridgehead atoms. The molecule has 1 aliphatic rings. The largest absolute Gasteiger partial charge is 0.0835 e. The lowest BCUT2D eigenvalue weighted by atomic mass is 10.5. The molecule has 0 saturated heterocycles. The number of rotatable bonds is 2. The first kappa shape index (κ1) is 9.27. The van der Waals surface area contributed by atoms with E-state index in [1.54, 1.807) is 0 Å². The van der Waals surface area contributed by atoms with Crippen LogP contribution in [0.3, 0.4) is 0 Å². The molecule has 0 aromatic rings. The van der Waals surface area contributed by atoms with Crippen molar-refractivity contribution in [2.45, 2.75) is 35.3 Å². The average molecular weight is 286 g/mol. The summed E-state index contributed by atoms with van der Waals surface area (Å²) >= 11 is 7.29. The minimum absolute atomic E-state index is 0.334. The first-order valence-corrected chi connectivity index (χ1v) is 8.98. The molecule has 0 unspecified atom stereocenters. The molecule has 1 fully saturated rings. The van der Waals surface area contributed by atoms with Crippen LogP contribution in [0.4, 0.5) is 0 Å². The first-order chi connectivity index (χ1) is 4.31. The minimum Gasteiger partial charge on any atom is -0.0724 e. The Morgan fingerprint density at radius 3 is 1.90 bits per heavy atom. The smallest absolute Gasteiger partial charge is 0.0724 e. The Balaban J connectivity index is 2.31. The van der Waals surface area contributed by atoms with Crippen LogP contribution in [0.15, 0.2) is 0 Å². The van der Waals surface area contributed by atoms with Crippen molar-refractivity contribution in [3.05, 3.63) is 0 Å². The standard InChI is InChI=1S/C7H14Br2Si/c1-10(2,3)5-6-4-7(6,8)9/h6H,4-5H2,1-3H3/t6-/m1/s1. The average Bonchev–Trinajstić information content (AvgIpc) is 2.05. The van der Waals surface area contributed by atoms with Gasteiger partial charge < -0.3 is 0 Å². The van der Waals surface area contributed by atoms with Crippen LogP contribution in [-0.2, 0) is 0 Å². The van der Waals surface area contributed by atoms with Crippen molar-refractivity contribution in [2.75, 3.05) is 0 Å². The first-order valence-electron chi connectivity index (χ1n) is 3.69. The summed E-state index contributed by atoms with van der Waals surface area (Å²) in [4.78, 5) is 0. The van der Waals surface area contributed by atoms with Crippen LogP contribution < -0.4 is 0 Å². The second-order valence-electron chi connectivity index (χ2n) is 4.43. The number of hydrogen-bond acceptors (Lipinski definition) is 0. The summed E-state index contributed by atoms with van der Waals surface area (Å²) in [7, 11) is -0.807. The van der Waals surface area contributed by atoms with Gasteiger partial charge in [0.2, 0.25) is 0 Å². The maximum absolute atomic E-state index is 3.64. The summed E-state index contributed by atoms with van der Waals surface area (Å²) in [6.45, 7) is 7.30. The van der Waals surface area contributed by atoms with E-state index in [0.717, 1.165) is 5.92 Å². The molecular weight excluding hydrogens is 272 g/mol. The highest BCUT2D eigenvalue weighted by atomic mass is 79.9. The van der Waals surface area contributed by atoms with Crippen LogP contribution in [-0.4, -0.2) is 11.3 Å². The van der Waals surface area contributed by atoms with E-state index >= 15 is 0 Å². The molecule has 0 N–H and O–H groups in total. The summed E-state index contributed by atoms with van der Waals surface area (Å²) in [5.41, 5.74) is 0. The highest BCUT2D eigenvalue weighted by molar-refractivity contribution is 9.25. The fourth-order valence-electron chi connectivity index (χ4n) is 1.23. The Morgan fingerprint density at radius 2 is 1.80 bits per heavy atom. The van der Waals surface area contributed by atoms with Crippen LogP contribution in [0, 0.1) is 5.92 Å². The van der Waals surface area contributed by atoms with Gasteiger partial charge in [0.15, 0.2) is 0 Å². The van der Waals surface area contributed by atoms with E-state index in [2.05, 4.69) is 51.5 Å². The van der Waals surface area contributed by atoms with Crippen molar-refractivity contribution in [1.29, 1.82) is 0 Å². The van der Waals surface area contributed by atoms with Crippen LogP contribution in [0.5, 0.6) is 0 Å². The van der Waals surface area contributed by atoms with Crippen LogP contribution in [0.25, 0.3) is 0 Å². The van der Waals surface area contributed by atoms with E-state index in [1.165, 1.54) is 12.5 Å². The Hall–Kier alpha value is 1.18. The molecule has 1 saturated carbocycles. The van der Waals surface area contributed by atoms with Crippen molar-refractivity contribution in [3.63, 3.8) is 0 Å². The van der Waals surface area contributed by atoms with Gasteiger partial charge in [0.1, 0.15) is 0 Å². The molecule has 0 nitrogen and oxygen atoms in total. The predicted molar refractivity (Wildman–Crippen MR) is 56.8 cm³/mol. The monoisotopic (exact) mass is 284 g/mol. The van der Waals surface area contributed by atoms with Crippen LogP contribution in [0.2, 0.25) is 25.7 Å². The lowest BCUT2D eigenvalue weighted by Crippen LogP contribution is -2.20. The number of halogens is 2. The Kier molecular flexibility index (Phi) is 2.40. The van der Waals surface area contributed by atoms with Gasteiger partial charge in [-0.15, -0.1) is 0 Å². The molecule has 0 heterocycles. The van der Waals surface area contributed by atoms with Crippen LogP contribution >= 0.6 is 31.9 Å². The number of alkyl halides is 2. The van der Waals surface area contributed by atoms with Gasteiger partial charge in [0.05, 0.1) is 3.23 Å². The van der Waals surface area contributed by atoms with Crippen molar-refractivity contribution in [3.8, 4) is 0 Å². The third-order valence-electron chi connectivity index (χ3n) is 1.81. The molecule has 1 aliphatic carbocycles. The molecule has 0 aromatic heterocycles. The van der Waals surface area contributed by atoms with Crippen LogP contribution in [0.1, 0.15) is 6.42 Å². The van der Waals surface area contributed by atoms with Crippen molar-refractivity contribution in [1.82, 2.24) is 0 Å². The second kappa shape index (κ2) is 2.59. The van der Waals surface area contributed by atoms with Gasteiger partial charge in [-0.1, -0.05) is 57.5 Å². The summed E-state index contributed by atoms with van der Waals surface area (Å²) in [5, 5.41) is 0. The molecule has 1 rings (SSSR count). The zero-order chi connectivity index (χ0) is 7.99. The third-order valence-corrected chi connectivity index (χ3v) is 5.47. The van der Waals surface area contributed by atoms with Gasteiger partial charge in [-0.2, -0.15) is 0 Å². The zero-order valence-electron chi connectivity index (χ0n) is 6.75. The highest BCUT2D eigenvalue weighted by Gasteiger charge is 2.51. The molecule has 1 atom stereocenters. The van der Waals surface area contributed by atoms with Gasteiger partial charge in [-0.3, -0.25) is 0 Å². The maximum Gasteiger partial charge on any atom is 0.0835 e. The van der Waals surface area contributed by atoms with Crippen molar-refractivity contribution in [2.24, 2.45) is 5.92 Å². The third kappa shape index (κ3) is 2.66. The molecule has 0 aromatic carbocycles. The maximum atomic E-state index is 3.64. The lowest BCUT2D eigenvalue weighted by molar-refractivity contribution is 0.946. The fourth-order valence-corrected chi connectivity index (χ4v) is 4.90. The molecule has 3 heteroatoms. The number of hydrogen-bond donors (Lipinski definition) is 0. The molecule has 60 valence electrons. The van der Waals surface area contributed by atoms with Crippen molar-refractivity contribution < 1.29 is 0 Å². The van der Waals surface area contributed by atoms with E-state index in [9.17, 15) is 0 Å². The van der Waals surface area contributed by atoms with Crippen molar-refractivity contribution >= 4 is 39.9 Å². The fraction of sp³-hybridized carbons (Fsp3) is 1.00. The van der Waals surface area contributed by atoms with E-state index in [0.29, 0.717) is 3.23 Å². The molecule has 0 aliphatic heterocycles. The van der Waals surface area contributed by atoms with Gasteiger partial charge in [-0.25, -0.2) is 0 Å². The quantitative estimate of drug-likeness (QED) is 0.534. The molecule has 10 heavy (non-hydrogen) atoms.